The molecular formula is C21H26N4O. The van der Waals surface area contributed by atoms with Gasteiger partial charge < -0.3 is 11.1 Å². The smallest absolute Gasteiger partial charge is 0.270 e. The summed E-state index contributed by atoms with van der Waals surface area (Å²) in [5.74, 6) is -0.126. The van der Waals surface area contributed by atoms with E-state index in [-0.39, 0.29) is 11.3 Å². The van der Waals surface area contributed by atoms with Crippen LogP contribution in [0.1, 0.15) is 55.0 Å². The monoisotopic (exact) mass is 350 g/mol. The number of carbonyl (C=O) groups is 1. The van der Waals surface area contributed by atoms with Gasteiger partial charge in [0.15, 0.2) is 0 Å². The van der Waals surface area contributed by atoms with Crippen LogP contribution in [0.5, 0.6) is 0 Å². The molecule has 26 heavy (non-hydrogen) atoms. The standard InChI is InChI=1S/C21H26N4O/c1-5-17-19(25-11-10-16(22)12-18(25)24-17)20(26)23-13-14-6-8-15(9-7-14)21(2,3)4/h6-12H,5,13,22H2,1-4H3,(H,23,26). The van der Waals surface area contributed by atoms with Crippen molar-refractivity contribution in [1.82, 2.24) is 14.7 Å². The van der Waals surface area contributed by atoms with Gasteiger partial charge in [-0.1, -0.05) is 52.0 Å². The van der Waals surface area contributed by atoms with E-state index < -0.39 is 0 Å². The predicted octanol–water partition coefficient (Wildman–Crippen LogP) is 3.71. The molecule has 0 atom stereocenters. The lowest BCUT2D eigenvalue weighted by Gasteiger charge is -2.19. The van der Waals surface area contributed by atoms with Crippen molar-refractivity contribution >= 4 is 17.2 Å². The molecule has 0 saturated heterocycles. The highest BCUT2D eigenvalue weighted by atomic mass is 16.1. The van der Waals surface area contributed by atoms with E-state index in [1.54, 1.807) is 22.7 Å². The Balaban J connectivity index is 1.79. The second kappa shape index (κ2) is 6.83. The first-order valence-corrected chi connectivity index (χ1v) is 8.93. The summed E-state index contributed by atoms with van der Waals surface area (Å²) in [5.41, 5.74) is 11.0. The fourth-order valence-corrected chi connectivity index (χ4v) is 2.98. The highest BCUT2D eigenvalue weighted by Gasteiger charge is 2.18. The fraction of sp³-hybridized carbons (Fsp3) is 0.333. The fourth-order valence-electron chi connectivity index (χ4n) is 2.98. The number of nitrogen functional groups attached to an aromatic ring is 1. The van der Waals surface area contributed by atoms with Crippen LogP contribution in [0.3, 0.4) is 0 Å². The van der Waals surface area contributed by atoms with Crippen molar-refractivity contribution in [2.45, 2.75) is 46.1 Å². The van der Waals surface area contributed by atoms with Gasteiger partial charge >= 0.3 is 0 Å². The van der Waals surface area contributed by atoms with Crippen LogP contribution in [0, 0.1) is 0 Å². The number of hydrogen-bond acceptors (Lipinski definition) is 3. The first-order chi connectivity index (χ1) is 12.3. The lowest BCUT2D eigenvalue weighted by atomic mass is 9.87. The molecule has 0 spiro atoms. The Morgan fingerprint density at radius 3 is 2.50 bits per heavy atom. The van der Waals surface area contributed by atoms with Crippen molar-refractivity contribution in [2.75, 3.05) is 5.73 Å². The number of amides is 1. The quantitative estimate of drug-likeness (QED) is 0.753. The Labute approximate surface area is 154 Å². The van der Waals surface area contributed by atoms with Crippen molar-refractivity contribution in [1.29, 1.82) is 0 Å². The molecule has 0 bridgehead atoms. The second-order valence-corrected chi connectivity index (χ2v) is 7.58. The molecule has 2 aromatic heterocycles. The molecule has 136 valence electrons. The summed E-state index contributed by atoms with van der Waals surface area (Å²) in [6.07, 6.45) is 2.48. The third kappa shape index (κ3) is 3.57. The molecule has 0 unspecified atom stereocenters. The Bertz CT molecular complexity index is 933. The molecular weight excluding hydrogens is 324 g/mol. The van der Waals surface area contributed by atoms with E-state index in [0.29, 0.717) is 30.0 Å². The summed E-state index contributed by atoms with van der Waals surface area (Å²) < 4.78 is 1.80. The number of nitrogens with two attached hydrogens (primary N) is 1. The van der Waals surface area contributed by atoms with Crippen LogP contribution < -0.4 is 11.1 Å². The third-order valence-corrected chi connectivity index (χ3v) is 4.55. The largest absolute Gasteiger partial charge is 0.399 e. The minimum atomic E-state index is -0.126. The van der Waals surface area contributed by atoms with Crippen molar-refractivity contribution in [3.05, 3.63) is 65.1 Å². The lowest BCUT2D eigenvalue weighted by molar-refractivity contribution is 0.0944. The number of benzene rings is 1. The predicted molar refractivity (Wildman–Crippen MR) is 105 cm³/mol. The number of carbonyl (C=O) groups excluding carboxylic acids is 1. The van der Waals surface area contributed by atoms with E-state index in [4.69, 9.17) is 5.73 Å². The van der Waals surface area contributed by atoms with Crippen LogP contribution in [0.4, 0.5) is 5.69 Å². The van der Waals surface area contributed by atoms with Crippen LogP contribution in [-0.2, 0) is 18.4 Å². The number of anilines is 1. The highest BCUT2D eigenvalue weighted by Crippen LogP contribution is 2.22. The zero-order valence-electron chi connectivity index (χ0n) is 15.8. The van der Waals surface area contributed by atoms with E-state index in [1.807, 2.05) is 6.92 Å². The molecule has 3 rings (SSSR count). The number of imidazole rings is 1. The number of fused-ring (bicyclic) bond motifs is 1. The summed E-state index contributed by atoms with van der Waals surface area (Å²) in [7, 11) is 0. The molecule has 0 aliphatic rings. The Kier molecular flexibility index (Phi) is 4.72. The molecule has 0 aliphatic carbocycles. The second-order valence-electron chi connectivity index (χ2n) is 7.58. The van der Waals surface area contributed by atoms with Gasteiger partial charge in [0.2, 0.25) is 0 Å². The zero-order valence-corrected chi connectivity index (χ0v) is 15.8. The van der Waals surface area contributed by atoms with Crippen molar-refractivity contribution in [2.24, 2.45) is 0 Å². The van der Waals surface area contributed by atoms with E-state index in [9.17, 15) is 4.79 Å². The van der Waals surface area contributed by atoms with Gasteiger partial charge in [0, 0.05) is 24.5 Å². The van der Waals surface area contributed by atoms with Gasteiger partial charge in [-0.3, -0.25) is 9.20 Å². The van der Waals surface area contributed by atoms with E-state index in [2.05, 4.69) is 55.3 Å². The topological polar surface area (TPSA) is 72.4 Å². The van der Waals surface area contributed by atoms with Gasteiger partial charge in [-0.2, -0.15) is 0 Å². The highest BCUT2D eigenvalue weighted by molar-refractivity contribution is 5.94. The van der Waals surface area contributed by atoms with Crippen molar-refractivity contribution in [3.63, 3.8) is 0 Å². The molecule has 0 radical (unpaired) electrons. The molecule has 5 heteroatoms. The summed E-state index contributed by atoms with van der Waals surface area (Å²) in [4.78, 5) is 17.3. The van der Waals surface area contributed by atoms with Crippen LogP contribution in [0.25, 0.3) is 5.65 Å². The molecule has 5 nitrogen and oxygen atoms in total. The molecule has 0 fully saturated rings. The molecule has 1 aromatic carbocycles. The minimum absolute atomic E-state index is 0.121. The number of hydrogen-bond donors (Lipinski definition) is 2. The number of rotatable bonds is 4. The summed E-state index contributed by atoms with van der Waals surface area (Å²) in [6.45, 7) is 9.04. The van der Waals surface area contributed by atoms with Crippen LogP contribution in [-0.4, -0.2) is 15.3 Å². The van der Waals surface area contributed by atoms with Gasteiger partial charge in [0.25, 0.3) is 5.91 Å². The normalized spacial score (nSPS) is 11.7. The van der Waals surface area contributed by atoms with E-state index in [0.717, 1.165) is 11.3 Å². The van der Waals surface area contributed by atoms with Gasteiger partial charge in [0.05, 0.1) is 5.69 Å². The van der Waals surface area contributed by atoms with Crippen LogP contribution >= 0.6 is 0 Å². The average molecular weight is 350 g/mol. The number of aryl methyl sites for hydroxylation is 1. The SMILES string of the molecule is CCc1nc2cc(N)ccn2c1C(=O)NCc1ccc(C(C)(C)C)cc1. The molecule has 0 aliphatic heterocycles. The van der Waals surface area contributed by atoms with Crippen LogP contribution in [0.2, 0.25) is 0 Å². The Morgan fingerprint density at radius 1 is 1.19 bits per heavy atom. The van der Waals surface area contributed by atoms with E-state index >= 15 is 0 Å². The number of aromatic nitrogens is 2. The van der Waals surface area contributed by atoms with Gasteiger partial charge in [-0.05, 0) is 29.0 Å². The maximum atomic E-state index is 12.8. The maximum Gasteiger partial charge on any atom is 0.270 e. The number of nitrogens with zero attached hydrogens (tertiary/aromatic N) is 2. The van der Waals surface area contributed by atoms with Gasteiger partial charge in [-0.25, -0.2) is 4.98 Å². The maximum absolute atomic E-state index is 12.8. The first-order valence-electron chi connectivity index (χ1n) is 8.93. The zero-order chi connectivity index (χ0) is 18.9. The molecule has 0 saturated carbocycles. The lowest BCUT2D eigenvalue weighted by Crippen LogP contribution is -2.25. The third-order valence-electron chi connectivity index (χ3n) is 4.55. The number of nitrogens with one attached hydrogen (secondary N) is 1. The Morgan fingerprint density at radius 2 is 1.88 bits per heavy atom. The van der Waals surface area contributed by atoms with Gasteiger partial charge in [-0.15, -0.1) is 0 Å². The summed E-state index contributed by atoms with van der Waals surface area (Å²) >= 11 is 0. The molecule has 3 aromatic rings. The average Bonchev–Trinajstić information content (AvgIpc) is 2.97. The van der Waals surface area contributed by atoms with Crippen LogP contribution in [0.15, 0.2) is 42.6 Å². The van der Waals surface area contributed by atoms with E-state index in [1.165, 1.54) is 5.56 Å². The molecule has 2 heterocycles. The van der Waals surface area contributed by atoms with Crippen molar-refractivity contribution in [3.8, 4) is 0 Å². The summed E-state index contributed by atoms with van der Waals surface area (Å²) in [5, 5.41) is 3.01. The molecule has 1 amide bonds. The van der Waals surface area contributed by atoms with Gasteiger partial charge in [0.1, 0.15) is 11.3 Å². The molecule has 3 N–H and O–H groups in total. The Hall–Kier alpha value is -2.82. The summed E-state index contributed by atoms with van der Waals surface area (Å²) in [6, 6.07) is 11.9. The first kappa shape index (κ1) is 18.0. The van der Waals surface area contributed by atoms with Crippen molar-refractivity contribution < 1.29 is 4.79 Å². The minimum Gasteiger partial charge on any atom is -0.399 e. The number of pyridine rings is 1.